The average Bonchev–Trinajstić information content (AvgIpc) is 3.05. The molecule has 3 aromatic rings. The zero-order chi connectivity index (χ0) is 17.5. The van der Waals surface area contributed by atoms with Crippen molar-refractivity contribution in [3.8, 4) is 11.3 Å². The number of hydrogen-bond donors (Lipinski definition) is 0. The van der Waals surface area contributed by atoms with E-state index in [0.29, 0.717) is 18.7 Å². The van der Waals surface area contributed by atoms with Gasteiger partial charge in [0.25, 0.3) is 0 Å². The SMILES string of the molecule is COCCN=c1scc(-c2ccccc2)n1/N=C\c1ccccc1F. The number of ether oxygens (including phenoxy) is 1. The van der Waals surface area contributed by atoms with Crippen LogP contribution < -0.4 is 4.80 Å². The highest BCUT2D eigenvalue weighted by molar-refractivity contribution is 7.07. The Labute approximate surface area is 149 Å². The number of nitrogens with zero attached hydrogens (tertiary/aromatic N) is 3. The van der Waals surface area contributed by atoms with Crippen molar-refractivity contribution >= 4 is 17.6 Å². The summed E-state index contributed by atoms with van der Waals surface area (Å²) < 4.78 is 20.6. The van der Waals surface area contributed by atoms with E-state index < -0.39 is 0 Å². The predicted octanol–water partition coefficient (Wildman–Crippen LogP) is 3.79. The van der Waals surface area contributed by atoms with Crippen molar-refractivity contribution in [3.63, 3.8) is 0 Å². The number of methoxy groups -OCH3 is 1. The lowest BCUT2D eigenvalue weighted by molar-refractivity contribution is 0.207. The van der Waals surface area contributed by atoms with Crippen molar-refractivity contribution < 1.29 is 9.13 Å². The molecule has 2 aromatic carbocycles. The molecule has 0 spiro atoms. The molecule has 0 amide bonds. The van der Waals surface area contributed by atoms with Crippen LogP contribution in [0.1, 0.15) is 5.56 Å². The van der Waals surface area contributed by atoms with Gasteiger partial charge in [0, 0.05) is 23.6 Å². The van der Waals surface area contributed by atoms with E-state index in [9.17, 15) is 4.39 Å². The summed E-state index contributed by atoms with van der Waals surface area (Å²) in [5.74, 6) is -0.304. The summed E-state index contributed by atoms with van der Waals surface area (Å²) in [7, 11) is 1.64. The summed E-state index contributed by atoms with van der Waals surface area (Å²) in [6.07, 6.45) is 1.52. The first-order valence-corrected chi connectivity index (χ1v) is 8.72. The van der Waals surface area contributed by atoms with E-state index in [2.05, 4.69) is 10.1 Å². The molecule has 0 unspecified atom stereocenters. The smallest absolute Gasteiger partial charge is 0.206 e. The van der Waals surface area contributed by atoms with E-state index >= 15 is 0 Å². The Morgan fingerprint density at radius 3 is 2.64 bits per heavy atom. The van der Waals surface area contributed by atoms with Gasteiger partial charge in [0.15, 0.2) is 0 Å². The second-order valence-electron chi connectivity index (χ2n) is 5.22. The average molecular weight is 355 g/mol. The molecule has 0 fully saturated rings. The summed E-state index contributed by atoms with van der Waals surface area (Å²) in [4.78, 5) is 5.27. The number of benzene rings is 2. The molecule has 0 saturated carbocycles. The van der Waals surface area contributed by atoms with Gasteiger partial charge in [0.05, 0.1) is 25.1 Å². The maximum Gasteiger partial charge on any atom is 0.206 e. The highest BCUT2D eigenvalue weighted by atomic mass is 32.1. The van der Waals surface area contributed by atoms with Crippen molar-refractivity contribution in [3.05, 3.63) is 76.2 Å². The molecule has 0 atom stereocenters. The lowest BCUT2D eigenvalue weighted by Crippen LogP contribution is -2.13. The van der Waals surface area contributed by atoms with Gasteiger partial charge in [-0.15, -0.1) is 11.3 Å². The van der Waals surface area contributed by atoms with Crippen LogP contribution in [0.25, 0.3) is 11.3 Å². The van der Waals surface area contributed by atoms with E-state index in [0.717, 1.165) is 16.1 Å². The van der Waals surface area contributed by atoms with Gasteiger partial charge >= 0.3 is 0 Å². The van der Waals surface area contributed by atoms with Crippen molar-refractivity contribution in [2.24, 2.45) is 10.1 Å². The zero-order valence-electron chi connectivity index (χ0n) is 13.8. The van der Waals surface area contributed by atoms with Crippen molar-refractivity contribution in [2.45, 2.75) is 0 Å². The Kier molecular flexibility index (Phi) is 5.87. The third-order valence-electron chi connectivity index (χ3n) is 3.51. The number of hydrogen-bond acceptors (Lipinski definition) is 4. The molecule has 0 N–H and O–H groups in total. The Bertz CT molecular complexity index is 916. The Morgan fingerprint density at radius 1 is 1.12 bits per heavy atom. The topological polar surface area (TPSA) is 38.9 Å². The van der Waals surface area contributed by atoms with Crippen molar-refractivity contribution in [2.75, 3.05) is 20.3 Å². The molecule has 4 nitrogen and oxygen atoms in total. The van der Waals surface area contributed by atoms with Crippen LogP contribution in [0, 0.1) is 5.82 Å². The fourth-order valence-electron chi connectivity index (χ4n) is 2.26. The minimum atomic E-state index is -0.304. The predicted molar refractivity (Wildman–Crippen MR) is 99.4 cm³/mol. The quantitative estimate of drug-likeness (QED) is 0.490. The summed E-state index contributed by atoms with van der Waals surface area (Å²) >= 11 is 1.49. The summed E-state index contributed by atoms with van der Waals surface area (Å²) in [5.41, 5.74) is 2.37. The number of thiazole rings is 1. The van der Waals surface area contributed by atoms with E-state index in [4.69, 9.17) is 4.74 Å². The van der Waals surface area contributed by atoms with Gasteiger partial charge in [-0.05, 0) is 6.07 Å². The van der Waals surface area contributed by atoms with Gasteiger partial charge in [-0.2, -0.15) is 5.10 Å². The van der Waals surface area contributed by atoms with Crippen LogP contribution in [-0.4, -0.2) is 31.2 Å². The molecule has 0 aliphatic carbocycles. The molecule has 0 saturated heterocycles. The van der Waals surface area contributed by atoms with Gasteiger partial charge < -0.3 is 4.74 Å². The van der Waals surface area contributed by atoms with Crippen LogP contribution in [0.4, 0.5) is 4.39 Å². The minimum Gasteiger partial charge on any atom is -0.383 e. The van der Waals surface area contributed by atoms with E-state index in [1.807, 2.05) is 35.7 Å². The van der Waals surface area contributed by atoms with Crippen LogP contribution >= 0.6 is 11.3 Å². The lowest BCUT2D eigenvalue weighted by Gasteiger charge is -2.03. The van der Waals surface area contributed by atoms with E-state index in [-0.39, 0.29) is 5.82 Å². The minimum absolute atomic E-state index is 0.304. The highest BCUT2D eigenvalue weighted by Crippen LogP contribution is 2.19. The standard InChI is InChI=1S/C19H18FN3OS/c1-24-12-11-21-19-23(22-13-16-9-5-6-10-17(16)20)18(14-25-19)15-7-3-2-4-8-15/h2-10,13-14H,11-12H2,1H3/b21-19?,22-13-. The summed E-state index contributed by atoms with van der Waals surface area (Å²) in [6, 6.07) is 16.5. The molecule has 0 aliphatic heterocycles. The monoisotopic (exact) mass is 355 g/mol. The lowest BCUT2D eigenvalue weighted by atomic mass is 10.2. The number of aromatic nitrogens is 1. The van der Waals surface area contributed by atoms with Crippen LogP contribution in [0.2, 0.25) is 0 Å². The van der Waals surface area contributed by atoms with Gasteiger partial charge in [-0.3, -0.25) is 4.99 Å². The van der Waals surface area contributed by atoms with Gasteiger partial charge in [-0.1, -0.05) is 48.5 Å². The van der Waals surface area contributed by atoms with Crippen molar-refractivity contribution in [1.82, 2.24) is 4.68 Å². The van der Waals surface area contributed by atoms with Crippen LogP contribution in [0.15, 0.2) is 70.1 Å². The normalized spacial score (nSPS) is 12.2. The molecule has 6 heteroatoms. The molecule has 0 bridgehead atoms. The molecule has 1 aromatic heterocycles. The van der Waals surface area contributed by atoms with Crippen LogP contribution in [-0.2, 0) is 4.74 Å². The molecular weight excluding hydrogens is 337 g/mol. The van der Waals surface area contributed by atoms with E-state index in [1.165, 1.54) is 23.6 Å². The third kappa shape index (κ3) is 4.29. The third-order valence-corrected chi connectivity index (χ3v) is 4.37. The van der Waals surface area contributed by atoms with Crippen LogP contribution in [0.5, 0.6) is 0 Å². The maximum atomic E-state index is 13.9. The molecule has 0 radical (unpaired) electrons. The largest absolute Gasteiger partial charge is 0.383 e. The molecule has 25 heavy (non-hydrogen) atoms. The first-order chi connectivity index (χ1) is 12.3. The second kappa shape index (κ2) is 8.50. The number of halogens is 1. The second-order valence-corrected chi connectivity index (χ2v) is 6.06. The van der Waals surface area contributed by atoms with Crippen molar-refractivity contribution in [1.29, 1.82) is 0 Å². The first kappa shape index (κ1) is 17.3. The molecule has 0 aliphatic rings. The van der Waals surface area contributed by atoms with Gasteiger partial charge in [-0.25, -0.2) is 9.07 Å². The Balaban J connectivity index is 2.04. The molecular formula is C19H18FN3OS. The van der Waals surface area contributed by atoms with E-state index in [1.54, 1.807) is 30.0 Å². The highest BCUT2D eigenvalue weighted by Gasteiger charge is 2.07. The Hall–Kier alpha value is -2.57. The summed E-state index contributed by atoms with van der Waals surface area (Å²) in [5, 5.41) is 6.48. The maximum absolute atomic E-state index is 13.9. The number of rotatable bonds is 6. The Morgan fingerprint density at radius 2 is 1.88 bits per heavy atom. The van der Waals surface area contributed by atoms with Crippen LogP contribution in [0.3, 0.4) is 0 Å². The molecule has 1 heterocycles. The molecule has 128 valence electrons. The zero-order valence-corrected chi connectivity index (χ0v) is 14.6. The fourth-order valence-corrected chi connectivity index (χ4v) is 3.12. The first-order valence-electron chi connectivity index (χ1n) is 7.84. The fraction of sp³-hybridized carbons (Fsp3) is 0.158. The van der Waals surface area contributed by atoms with Gasteiger partial charge in [0.1, 0.15) is 5.82 Å². The van der Waals surface area contributed by atoms with Gasteiger partial charge in [0.2, 0.25) is 4.80 Å². The summed E-state index contributed by atoms with van der Waals surface area (Å²) in [6.45, 7) is 1.08. The molecule has 3 rings (SSSR count).